The maximum Gasteiger partial charge on any atom is 0.316 e. The van der Waals surface area contributed by atoms with Crippen LogP contribution < -0.4 is 16.8 Å². The molecule has 4 fully saturated rings. The molecule has 0 radical (unpaired) electrons. The van der Waals surface area contributed by atoms with E-state index in [2.05, 4.69) is 41.9 Å². The average Bonchev–Trinajstić information content (AvgIpc) is 3.53. The number of allylic oxidation sites excluding steroid dienone is 1. The summed E-state index contributed by atoms with van der Waals surface area (Å²) in [5.41, 5.74) is 8.15. The third kappa shape index (κ3) is 11.4. The van der Waals surface area contributed by atoms with Gasteiger partial charge in [-0.3, -0.25) is 9.59 Å². The number of aliphatic imine (C=N–C) groups is 1. The van der Waals surface area contributed by atoms with Gasteiger partial charge in [0.25, 0.3) is 5.91 Å². The van der Waals surface area contributed by atoms with E-state index in [0.717, 1.165) is 102 Å². The van der Waals surface area contributed by atoms with Crippen LogP contribution in [0.15, 0.2) is 17.1 Å². The second-order valence-corrected chi connectivity index (χ2v) is 18.8. The number of nitrogens with zero attached hydrogens (tertiary/aromatic N) is 3. The fourth-order valence-electron chi connectivity index (χ4n) is 10.9. The highest BCUT2D eigenvalue weighted by atomic mass is 16.7. The number of carbonyl (C=O) groups is 2. The molecule has 14 nitrogen and oxygen atoms in total. The van der Waals surface area contributed by atoms with E-state index in [1.54, 1.807) is 0 Å². The third-order valence-corrected chi connectivity index (χ3v) is 14.1. The number of aliphatic hydroxyl groups is 2. The highest BCUT2D eigenvalue weighted by Crippen LogP contribution is 2.50. The smallest absolute Gasteiger partial charge is 0.316 e. The standard InChI is InChI=1S/C46H80N6O8/c1-3-36-22-16-17-26-44(59-36)33-35-24-25-37-39(45(27-19-21-34(2)58-45)50-43(49-44)52(35)37)41(54)57-32-18-14-12-10-8-6-4-5-7-9-11-13-15-23-38-40(53)51(31-20-29-47)42(55)46(56,60-38)28-30-48/h16,22,34-39,42,55-56H,3-15,17-21,23-33,47-48H2,1-2H3,(H,49,50)/p+1/t34-,35+,36+,37-,38-,39-,42-,44+,45-,46+/m0/s1. The van der Waals surface area contributed by atoms with Gasteiger partial charge in [-0.15, -0.1) is 0 Å². The quantitative estimate of drug-likeness (QED) is 0.0519. The van der Waals surface area contributed by atoms with Gasteiger partial charge in [0.1, 0.15) is 17.7 Å². The molecule has 2 spiro atoms. The summed E-state index contributed by atoms with van der Waals surface area (Å²) in [5, 5.41) is 25.4. The van der Waals surface area contributed by atoms with Gasteiger partial charge >= 0.3 is 5.97 Å². The van der Waals surface area contributed by atoms with Gasteiger partial charge in [0.2, 0.25) is 5.79 Å². The Morgan fingerprint density at radius 3 is 2.35 bits per heavy atom. The number of nitrogens with one attached hydrogen (secondary N) is 1. The summed E-state index contributed by atoms with van der Waals surface area (Å²) in [6.07, 6.45) is 26.7. The molecule has 1 amide bonds. The summed E-state index contributed by atoms with van der Waals surface area (Å²) in [7, 11) is 0. The second-order valence-electron chi connectivity index (χ2n) is 18.8. The minimum absolute atomic E-state index is 0.0203. The Morgan fingerprint density at radius 1 is 0.983 bits per heavy atom. The number of carbonyl (C=O) groups excluding carboxylic acids is 2. The van der Waals surface area contributed by atoms with Crippen LogP contribution >= 0.6 is 0 Å². The molecule has 10 atom stereocenters. The fraction of sp³-hybridized carbons (Fsp3) is 0.891. The van der Waals surface area contributed by atoms with Crippen LogP contribution in [0, 0.1) is 5.92 Å². The first kappa shape index (κ1) is 47.2. The van der Waals surface area contributed by atoms with Crippen LogP contribution in [0.1, 0.15) is 174 Å². The summed E-state index contributed by atoms with van der Waals surface area (Å²) in [6.45, 7) is 5.87. The minimum atomic E-state index is -1.83. The van der Waals surface area contributed by atoms with Crippen molar-refractivity contribution in [3.8, 4) is 0 Å². The lowest BCUT2D eigenvalue weighted by Gasteiger charge is -2.55. The fourth-order valence-corrected chi connectivity index (χ4v) is 10.9. The molecule has 342 valence electrons. The Morgan fingerprint density at radius 2 is 1.68 bits per heavy atom. The van der Waals surface area contributed by atoms with Crippen molar-refractivity contribution in [2.24, 2.45) is 16.6 Å². The number of ether oxygens (including phenoxy) is 4. The monoisotopic (exact) mass is 846 g/mol. The lowest BCUT2D eigenvalue weighted by molar-refractivity contribution is -0.370. The lowest BCUT2D eigenvalue weighted by atomic mass is 9.80. The SMILES string of the molecule is CC[C@@H]1C=CCC[C@]2(C[C@H]3CC[C@H]4[C@@H](C(=O)OCCCCCCCCCCCCCCC[C@@H]5O[C@](O)(CCN)[C@H](O)N(CCC[NH3+])C5=O)[C@@]5(CCC[C@H](C)O5)N=C(N2)N34)O1. The van der Waals surface area contributed by atoms with Crippen LogP contribution in [0.2, 0.25) is 0 Å². The molecule has 0 bridgehead atoms. The molecule has 0 aromatic rings. The zero-order valence-electron chi connectivity index (χ0n) is 37.2. The number of amides is 1. The predicted molar refractivity (Wildman–Crippen MR) is 230 cm³/mol. The van der Waals surface area contributed by atoms with Crippen molar-refractivity contribution in [2.45, 2.75) is 228 Å². The topological polar surface area (TPSA) is 196 Å². The Labute approximate surface area is 359 Å². The zero-order chi connectivity index (χ0) is 42.6. The molecule has 0 aromatic heterocycles. The van der Waals surface area contributed by atoms with Crippen LogP contribution in [0.5, 0.6) is 0 Å². The number of hydrogen-bond acceptors (Lipinski definition) is 12. The van der Waals surface area contributed by atoms with Crippen molar-refractivity contribution >= 4 is 17.8 Å². The van der Waals surface area contributed by atoms with Gasteiger partial charge in [0, 0.05) is 31.8 Å². The van der Waals surface area contributed by atoms with E-state index < -0.39 is 35.5 Å². The first-order valence-corrected chi connectivity index (χ1v) is 24.3. The van der Waals surface area contributed by atoms with Gasteiger partial charge in [-0.2, -0.15) is 0 Å². The first-order chi connectivity index (χ1) is 29.1. The summed E-state index contributed by atoms with van der Waals surface area (Å²) in [5.74, 6) is -1.80. The Kier molecular flexibility index (Phi) is 17.6. The average molecular weight is 846 g/mol. The Balaban J connectivity index is 0.838. The molecule has 0 aliphatic carbocycles. The summed E-state index contributed by atoms with van der Waals surface area (Å²) >= 11 is 0. The molecule has 4 saturated heterocycles. The summed E-state index contributed by atoms with van der Waals surface area (Å²) < 4.78 is 25.3. The van der Waals surface area contributed by atoms with Crippen molar-refractivity contribution in [1.82, 2.24) is 15.1 Å². The van der Waals surface area contributed by atoms with E-state index in [4.69, 9.17) is 29.7 Å². The lowest BCUT2D eigenvalue weighted by Crippen LogP contribution is -2.71. The Hall–Kier alpha value is -2.33. The minimum Gasteiger partial charge on any atom is -0.465 e. The van der Waals surface area contributed by atoms with E-state index in [1.807, 2.05) is 0 Å². The molecule has 6 heterocycles. The molecule has 6 rings (SSSR count). The summed E-state index contributed by atoms with van der Waals surface area (Å²) in [6, 6.07) is 0.309. The highest BCUT2D eigenvalue weighted by molar-refractivity contribution is 5.87. The van der Waals surface area contributed by atoms with Gasteiger partial charge in [0.05, 0.1) is 31.4 Å². The number of guanidine groups is 1. The molecule has 8 N–H and O–H groups in total. The molecule has 0 aromatic carbocycles. The van der Waals surface area contributed by atoms with Crippen molar-refractivity contribution in [3.63, 3.8) is 0 Å². The van der Waals surface area contributed by atoms with Gasteiger partial charge in [-0.1, -0.05) is 96.1 Å². The molecular weight excluding hydrogens is 765 g/mol. The molecule has 60 heavy (non-hydrogen) atoms. The van der Waals surface area contributed by atoms with Crippen LogP contribution in [0.25, 0.3) is 0 Å². The van der Waals surface area contributed by atoms with E-state index in [-0.39, 0.29) is 49.1 Å². The van der Waals surface area contributed by atoms with Crippen molar-refractivity contribution < 1.29 is 44.5 Å². The number of esters is 1. The number of rotatable bonds is 23. The predicted octanol–water partition coefficient (Wildman–Crippen LogP) is 5.15. The number of morpholine rings is 1. The number of hydrogen-bond donors (Lipinski definition) is 5. The largest absolute Gasteiger partial charge is 0.465 e. The van der Waals surface area contributed by atoms with E-state index in [1.165, 1.54) is 49.8 Å². The maximum atomic E-state index is 14.1. The molecule has 0 unspecified atom stereocenters. The van der Waals surface area contributed by atoms with E-state index >= 15 is 0 Å². The number of aliphatic hydroxyl groups excluding tert-OH is 1. The number of unbranched alkanes of at least 4 members (excludes halogenated alkanes) is 12. The molecule has 14 heteroatoms. The third-order valence-electron chi connectivity index (χ3n) is 14.1. The molecule has 0 saturated carbocycles. The van der Waals surface area contributed by atoms with Gasteiger partial charge in [-0.25, -0.2) is 4.99 Å². The van der Waals surface area contributed by atoms with Gasteiger partial charge in [-0.05, 0) is 77.7 Å². The highest BCUT2D eigenvalue weighted by Gasteiger charge is 2.62. The van der Waals surface area contributed by atoms with Crippen LogP contribution in [-0.4, -0.2) is 118 Å². The van der Waals surface area contributed by atoms with Crippen LogP contribution in [0.3, 0.4) is 0 Å². The molecule has 6 aliphatic rings. The zero-order valence-corrected chi connectivity index (χ0v) is 37.2. The van der Waals surface area contributed by atoms with E-state index in [0.29, 0.717) is 32.5 Å². The van der Waals surface area contributed by atoms with Gasteiger partial charge < -0.3 is 55.7 Å². The number of quaternary nitrogens is 1. The van der Waals surface area contributed by atoms with Gasteiger partial charge in [0.15, 0.2) is 17.9 Å². The molecular formula is C46H81N6O8+. The number of nitrogens with two attached hydrogens (primary N) is 1. The van der Waals surface area contributed by atoms with E-state index in [9.17, 15) is 19.8 Å². The summed E-state index contributed by atoms with van der Waals surface area (Å²) in [4.78, 5) is 36.2. The van der Waals surface area contributed by atoms with Crippen molar-refractivity contribution in [1.29, 1.82) is 0 Å². The normalized spacial score (nSPS) is 35.1. The second kappa shape index (κ2) is 22.3. The van der Waals surface area contributed by atoms with Crippen molar-refractivity contribution in [3.05, 3.63) is 12.2 Å². The first-order valence-electron chi connectivity index (χ1n) is 24.3. The van der Waals surface area contributed by atoms with Crippen molar-refractivity contribution in [2.75, 3.05) is 26.2 Å². The van der Waals surface area contributed by atoms with Crippen LogP contribution in [-0.2, 0) is 28.5 Å². The van der Waals surface area contributed by atoms with Crippen LogP contribution in [0.4, 0.5) is 0 Å². The molecule has 6 aliphatic heterocycles. The maximum absolute atomic E-state index is 14.1. The Bertz CT molecular complexity index is 1440.